The smallest absolute Gasteiger partial charge is 0.244 e. The topological polar surface area (TPSA) is 80.3 Å². The molecular weight excluding hydrogens is 242 g/mol. The summed E-state index contributed by atoms with van der Waals surface area (Å²) in [5, 5.41) is 2.84. The molecule has 0 spiro atoms. The lowest BCUT2D eigenvalue weighted by molar-refractivity contribution is 0.192. The van der Waals surface area contributed by atoms with Gasteiger partial charge in [-0.3, -0.25) is 4.98 Å². The Hall–Kier alpha value is -1.18. The molecule has 1 aliphatic heterocycles. The second-order valence-corrected chi connectivity index (χ2v) is 5.49. The lowest BCUT2D eigenvalue weighted by atomic mass is 10.3. The Labute approximate surface area is 100 Å². The first-order valence-corrected chi connectivity index (χ1v) is 6.83. The number of hydrogen-bond acceptors (Lipinski definition) is 5. The number of rotatable bonds is 4. The van der Waals surface area contributed by atoms with E-state index in [1.807, 2.05) is 0 Å². The maximum Gasteiger partial charge on any atom is 0.244 e. The standard InChI is InChI=1S/C10H15N3O3S/c1-11-9-2-4-12-6-10(9)17(14,15)13-8-3-5-16-7-8/h2,4,6,8,13H,3,5,7H2,1H3,(H,11,12). The molecule has 0 amide bonds. The van der Waals surface area contributed by atoms with Gasteiger partial charge < -0.3 is 10.1 Å². The van der Waals surface area contributed by atoms with E-state index in [1.165, 1.54) is 6.20 Å². The Balaban J connectivity index is 2.24. The summed E-state index contributed by atoms with van der Waals surface area (Å²) in [5.41, 5.74) is 0.534. The van der Waals surface area contributed by atoms with Gasteiger partial charge >= 0.3 is 0 Å². The highest BCUT2D eigenvalue weighted by atomic mass is 32.2. The molecule has 6 nitrogen and oxygen atoms in total. The van der Waals surface area contributed by atoms with Crippen LogP contribution < -0.4 is 10.0 Å². The van der Waals surface area contributed by atoms with Gasteiger partial charge in [-0.2, -0.15) is 0 Å². The molecule has 1 aliphatic rings. The second-order valence-electron chi connectivity index (χ2n) is 3.80. The van der Waals surface area contributed by atoms with Crippen molar-refractivity contribution < 1.29 is 13.2 Å². The zero-order valence-corrected chi connectivity index (χ0v) is 10.3. The number of ether oxygens (including phenoxy) is 1. The van der Waals surface area contributed by atoms with Crippen molar-refractivity contribution in [3.8, 4) is 0 Å². The zero-order valence-electron chi connectivity index (χ0n) is 9.51. The highest BCUT2D eigenvalue weighted by Crippen LogP contribution is 2.19. The van der Waals surface area contributed by atoms with Crippen molar-refractivity contribution in [2.45, 2.75) is 17.4 Å². The highest BCUT2D eigenvalue weighted by molar-refractivity contribution is 7.89. The predicted molar refractivity (Wildman–Crippen MR) is 63.3 cm³/mol. The molecule has 1 unspecified atom stereocenters. The van der Waals surface area contributed by atoms with E-state index in [0.29, 0.717) is 25.3 Å². The molecule has 2 N–H and O–H groups in total. The number of nitrogens with zero attached hydrogens (tertiary/aromatic N) is 1. The van der Waals surface area contributed by atoms with Gasteiger partial charge in [0.2, 0.25) is 10.0 Å². The van der Waals surface area contributed by atoms with Gasteiger partial charge in [0, 0.05) is 32.1 Å². The molecule has 0 aromatic carbocycles. The summed E-state index contributed by atoms with van der Waals surface area (Å²) in [7, 11) is -1.87. The van der Waals surface area contributed by atoms with E-state index in [0.717, 1.165) is 0 Å². The molecule has 1 aromatic heterocycles. The van der Waals surface area contributed by atoms with E-state index in [-0.39, 0.29) is 10.9 Å². The van der Waals surface area contributed by atoms with E-state index < -0.39 is 10.0 Å². The summed E-state index contributed by atoms with van der Waals surface area (Å²) in [6, 6.07) is 1.48. The number of hydrogen-bond donors (Lipinski definition) is 2. The van der Waals surface area contributed by atoms with Crippen molar-refractivity contribution in [1.82, 2.24) is 9.71 Å². The van der Waals surface area contributed by atoms with Crippen molar-refractivity contribution in [3.05, 3.63) is 18.5 Å². The van der Waals surface area contributed by atoms with Gasteiger partial charge in [-0.05, 0) is 12.5 Å². The van der Waals surface area contributed by atoms with Gasteiger partial charge in [0.15, 0.2) is 0 Å². The fraction of sp³-hybridized carbons (Fsp3) is 0.500. The van der Waals surface area contributed by atoms with E-state index in [9.17, 15) is 8.42 Å². The van der Waals surface area contributed by atoms with Crippen molar-refractivity contribution in [2.75, 3.05) is 25.6 Å². The zero-order chi connectivity index (χ0) is 12.3. The van der Waals surface area contributed by atoms with Crippen LogP contribution in [-0.4, -0.2) is 39.7 Å². The fourth-order valence-corrected chi connectivity index (χ4v) is 3.12. The Morgan fingerprint density at radius 2 is 2.35 bits per heavy atom. The molecular formula is C10H15N3O3S. The molecule has 2 heterocycles. The minimum atomic E-state index is -3.54. The number of aromatic nitrogens is 1. The molecule has 1 atom stereocenters. The van der Waals surface area contributed by atoms with Crippen molar-refractivity contribution in [1.29, 1.82) is 0 Å². The molecule has 94 valence electrons. The van der Waals surface area contributed by atoms with Crippen LogP contribution in [0.25, 0.3) is 0 Å². The summed E-state index contributed by atoms with van der Waals surface area (Å²) >= 11 is 0. The Kier molecular flexibility index (Phi) is 3.60. The van der Waals surface area contributed by atoms with E-state index >= 15 is 0 Å². The maximum absolute atomic E-state index is 12.1. The third-order valence-electron chi connectivity index (χ3n) is 2.59. The predicted octanol–water partition coefficient (Wildman–Crippen LogP) is 0.190. The lowest BCUT2D eigenvalue weighted by Crippen LogP contribution is -2.35. The van der Waals surface area contributed by atoms with E-state index in [4.69, 9.17) is 4.74 Å². The first-order chi connectivity index (χ1) is 8.13. The third kappa shape index (κ3) is 2.74. The first kappa shape index (κ1) is 12.3. The van der Waals surface area contributed by atoms with Crippen LogP contribution in [0.3, 0.4) is 0 Å². The maximum atomic E-state index is 12.1. The van der Waals surface area contributed by atoms with Crippen LogP contribution in [0.1, 0.15) is 6.42 Å². The van der Waals surface area contributed by atoms with Crippen LogP contribution in [0.2, 0.25) is 0 Å². The Bertz CT molecular complexity index is 483. The van der Waals surface area contributed by atoms with E-state index in [1.54, 1.807) is 19.3 Å². The summed E-state index contributed by atoms with van der Waals surface area (Å²) in [6.45, 7) is 1.02. The van der Waals surface area contributed by atoms with Gasteiger partial charge in [0.05, 0.1) is 12.3 Å². The third-order valence-corrected chi connectivity index (χ3v) is 4.14. The normalized spacial score (nSPS) is 20.4. The first-order valence-electron chi connectivity index (χ1n) is 5.35. The van der Waals surface area contributed by atoms with Crippen LogP contribution in [0, 0.1) is 0 Å². The molecule has 0 bridgehead atoms. The SMILES string of the molecule is CNc1ccncc1S(=O)(=O)NC1CCOC1. The van der Waals surface area contributed by atoms with E-state index in [2.05, 4.69) is 15.0 Å². The molecule has 1 aromatic rings. The molecule has 7 heteroatoms. The molecule has 17 heavy (non-hydrogen) atoms. The van der Waals surface area contributed by atoms with Crippen molar-refractivity contribution in [3.63, 3.8) is 0 Å². The largest absolute Gasteiger partial charge is 0.387 e. The molecule has 1 saturated heterocycles. The summed E-state index contributed by atoms with van der Waals surface area (Å²) < 4.78 is 32.0. The van der Waals surface area contributed by atoms with Crippen molar-refractivity contribution >= 4 is 15.7 Å². The van der Waals surface area contributed by atoms with Crippen molar-refractivity contribution in [2.24, 2.45) is 0 Å². The van der Waals surface area contributed by atoms with Crippen LogP contribution in [-0.2, 0) is 14.8 Å². The summed E-state index contributed by atoms with van der Waals surface area (Å²) in [4.78, 5) is 4.01. The number of nitrogens with one attached hydrogen (secondary N) is 2. The molecule has 0 aliphatic carbocycles. The van der Waals surface area contributed by atoms with Gasteiger partial charge in [-0.25, -0.2) is 13.1 Å². The molecule has 2 rings (SSSR count). The number of sulfonamides is 1. The minimum Gasteiger partial charge on any atom is -0.387 e. The Morgan fingerprint density at radius 3 is 3.00 bits per heavy atom. The van der Waals surface area contributed by atoms with Gasteiger partial charge in [0.1, 0.15) is 4.90 Å². The van der Waals surface area contributed by atoms with Crippen LogP contribution >= 0.6 is 0 Å². The molecule has 0 radical (unpaired) electrons. The quantitative estimate of drug-likeness (QED) is 0.805. The van der Waals surface area contributed by atoms with Crippen LogP contribution in [0.15, 0.2) is 23.4 Å². The highest BCUT2D eigenvalue weighted by Gasteiger charge is 2.25. The molecule has 1 fully saturated rings. The van der Waals surface area contributed by atoms with Gasteiger partial charge in [-0.15, -0.1) is 0 Å². The average Bonchev–Trinajstić information content (AvgIpc) is 2.81. The Morgan fingerprint density at radius 1 is 1.53 bits per heavy atom. The molecule has 0 saturated carbocycles. The average molecular weight is 257 g/mol. The summed E-state index contributed by atoms with van der Waals surface area (Å²) in [6.07, 6.45) is 3.59. The number of pyridine rings is 1. The monoisotopic (exact) mass is 257 g/mol. The van der Waals surface area contributed by atoms with Gasteiger partial charge in [-0.1, -0.05) is 0 Å². The van der Waals surface area contributed by atoms with Crippen LogP contribution in [0.5, 0.6) is 0 Å². The summed E-state index contributed by atoms with van der Waals surface area (Å²) in [5.74, 6) is 0. The number of anilines is 1. The fourth-order valence-electron chi connectivity index (χ4n) is 1.71. The minimum absolute atomic E-state index is 0.148. The van der Waals surface area contributed by atoms with Crippen LogP contribution in [0.4, 0.5) is 5.69 Å². The second kappa shape index (κ2) is 4.99. The van der Waals surface area contributed by atoms with Gasteiger partial charge in [0.25, 0.3) is 0 Å². The lowest BCUT2D eigenvalue weighted by Gasteiger charge is -2.13.